The van der Waals surface area contributed by atoms with E-state index in [2.05, 4.69) is 30.6 Å². The summed E-state index contributed by atoms with van der Waals surface area (Å²) >= 11 is 2.81. The average Bonchev–Trinajstić information content (AvgIpc) is 4.00. The van der Waals surface area contributed by atoms with Gasteiger partial charge in [0, 0.05) is 60.4 Å². The summed E-state index contributed by atoms with van der Waals surface area (Å²) in [6.45, 7) is 5.10. The Balaban J connectivity index is 1.18. The van der Waals surface area contributed by atoms with Crippen molar-refractivity contribution in [3.63, 3.8) is 0 Å². The molecule has 5 heterocycles. The van der Waals surface area contributed by atoms with Gasteiger partial charge in [0.1, 0.15) is 5.69 Å². The molecule has 0 N–H and O–H groups in total. The molecule has 0 fully saturated rings. The Morgan fingerprint density at radius 3 is 2.04 bits per heavy atom. The molecule has 0 aliphatic carbocycles. The third-order valence-corrected chi connectivity index (χ3v) is 9.80. The summed E-state index contributed by atoms with van der Waals surface area (Å²) in [5.41, 5.74) is 3.07. The highest BCUT2D eigenvalue weighted by Gasteiger charge is 2.22. The maximum absolute atomic E-state index is 11.5. The monoisotopic (exact) mass is 737 g/mol. The summed E-state index contributed by atoms with van der Waals surface area (Å²) in [7, 11) is 0. The van der Waals surface area contributed by atoms with Gasteiger partial charge < -0.3 is 13.4 Å². The second-order valence-corrected chi connectivity index (χ2v) is 12.9. The van der Waals surface area contributed by atoms with Gasteiger partial charge >= 0.3 is 0 Å². The molecular formula is C33H27N11O6S2. The molecule has 52 heavy (non-hydrogen) atoms. The highest BCUT2D eigenvalue weighted by Crippen LogP contribution is 2.35. The van der Waals surface area contributed by atoms with Crippen LogP contribution in [0.1, 0.15) is 25.3 Å². The molecule has 0 aliphatic heterocycles. The normalized spacial score (nSPS) is 11.3. The lowest BCUT2D eigenvalue weighted by Gasteiger charge is -2.13. The average molecular weight is 738 g/mol. The van der Waals surface area contributed by atoms with E-state index in [1.54, 1.807) is 42.8 Å². The van der Waals surface area contributed by atoms with Crippen LogP contribution in [0, 0.1) is 20.2 Å². The molecule has 262 valence electrons. The molecule has 0 bridgehead atoms. The first kappa shape index (κ1) is 34.2. The van der Waals surface area contributed by atoms with Crippen molar-refractivity contribution < 1.29 is 18.7 Å². The number of non-ortho nitro benzene ring substituents is 2. The number of benzene rings is 2. The van der Waals surface area contributed by atoms with Gasteiger partial charge in [-0.05, 0) is 49.2 Å². The van der Waals surface area contributed by atoms with Crippen molar-refractivity contribution in [3.05, 3.63) is 111 Å². The zero-order valence-corrected chi connectivity index (χ0v) is 29.2. The standard InChI is InChI=1S/C33H27N11O6S2/c1-3-41-29(26-12-7-13-49-26)36-39-32(41)51-18-23-14-22(20-8-5-10-24(15-20)43(45)46)17-34-28(23)30-37-40-33(42(30)4-2)52-19-27-35-38-31(50-27)21-9-6-11-25(16-21)44(47)48/h5-17H,3-4,18-19H2,1-2H3. The summed E-state index contributed by atoms with van der Waals surface area (Å²) in [6, 6.07) is 18.0. The molecule has 19 heteroatoms. The number of rotatable bonds is 14. The smallest absolute Gasteiger partial charge is 0.270 e. The number of aromatic nitrogens is 9. The number of thioether (sulfide) groups is 2. The predicted octanol–water partition coefficient (Wildman–Crippen LogP) is 7.35. The Labute approximate surface area is 302 Å². The van der Waals surface area contributed by atoms with E-state index in [1.165, 1.54) is 47.8 Å². The molecule has 0 saturated carbocycles. The zero-order valence-electron chi connectivity index (χ0n) is 27.5. The van der Waals surface area contributed by atoms with E-state index >= 15 is 0 Å². The first-order chi connectivity index (χ1) is 25.3. The molecule has 5 aromatic heterocycles. The lowest BCUT2D eigenvalue weighted by Crippen LogP contribution is -2.04. The number of pyridine rings is 1. The van der Waals surface area contributed by atoms with Crippen LogP contribution in [0.15, 0.2) is 98.3 Å². The van der Waals surface area contributed by atoms with E-state index in [0.717, 1.165) is 5.56 Å². The van der Waals surface area contributed by atoms with Gasteiger partial charge in [0.15, 0.2) is 27.7 Å². The van der Waals surface area contributed by atoms with Crippen molar-refractivity contribution in [2.45, 2.75) is 48.8 Å². The minimum absolute atomic E-state index is 0.0233. The summed E-state index contributed by atoms with van der Waals surface area (Å²) in [5, 5.41) is 50.0. The van der Waals surface area contributed by atoms with Crippen molar-refractivity contribution in [3.8, 4) is 45.7 Å². The molecule has 0 amide bonds. The molecule has 0 aliphatic rings. The number of nitrogens with zero attached hydrogens (tertiary/aromatic N) is 11. The van der Waals surface area contributed by atoms with Crippen molar-refractivity contribution >= 4 is 34.9 Å². The van der Waals surface area contributed by atoms with Gasteiger partial charge in [0.2, 0.25) is 11.8 Å². The van der Waals surface area contributed by atoms with Crippen LogP contribution in [0.2, 0.25) is 0 Å². The summed E-state index contributed by atoms with van der Waals surface area (Å²) in [6.07, 6.45) is 3.26. The van der Waals surface area contributed by atoms with Gasteiger partial charge in [-0.25, -0.2) is 0 Å². The van der Waals surface area contributed by atoms with Gasteiger partial charge in [-0.3, -0.25) is 29.8 Å². The third-order valence-electron chi connectivity index (χ3n) is 7.83. The van der Waals surface area contributed by atoms with Crippen LogP contribution in [0.3, 0.4) is 0 Å². The van der Waals surface area contributed by atoms with E-state index in [4.69, 9.17) is 13.8 Å². The molecule has 0 unspecified atom stereocenters. The van der Waals surface area contributed by atoms with Gasteiger partial charge in [-0.15, -0.1) is 30.6 Å². The highest BCUT2D eigenvalue weighted by molar-refractivity contribution is 7.98. The minimum atomic E-state index is -0.485. The van der Waals surface area contributed by atoms with Crippen molar-refractivity contribution in [1.29, 1.82) is 0 Å². The van der Waals surface area contributed by atoms with E-state index < -0.39 is 9.85 Å². The lowest BCUT2D eigenvalue weighted by molar-refractivity contribution is -0.385. The van der Waals surface area contributed by atoms with Crippen molar-refractivity contribution in [2.75, 3.05) is 0 Å². The maximum Gasteiger partial charge on any atom is 0.270 e. The van der Waals surface area contributed by atoms with Crippen LogP contribution in [-0.2, 0) is 24.6 Å². The molecule has 17 nitrogen and oxygen atoms in total. The number of nitro benzene ring substituents is 2. The number of furan rings is 1. The second kappa shape index (κ2) is 15.0. The zero-order chi connectivity index (χ0) is 36.2. The van der Waals surface area contributed by atoms with Crippen molar-refractivity contribution in [2.24, 2.45) is 0 Å². The highest BCUT2D eigenvalue weighted by atomic mass is 32.2. The number of nitro groups is 2. The molecule has 0 atom stereocenters. The van der Waals surface area contributed by atoms with Gasteiger partial charge in [0.05, 0.1) is 21.9 Å². The van der Waals surface area contributed by atoms with Crippen LogP contribution >= 0.6 is 23.5 Å². The quantitative estimate of drug-likeness (QED) is 0.0606. The molecule has 7 aromatic rings. The largest absolute Gasteiger partial charge is 0.461 e. The SMILES string of the molecule is CCn1c(SCc2cc(-c3cccc([N+](=O)[O-])c3)cnc2-c2nnc(SCc3nnc(-c4cccc([N+](=O)[O-])c4)o3)n2CC)nnc1-c1ccco1. The fourth-order valence-electron chi connectivity index (χ4n) is 5.35. The van der Waals surface area contributed by atoms with Crippen LogP contribution in [0.25, 0.3) is 45.7 Å². The van der Waals surface area contributed by atoms with Crippen LogP contribution in [0.5, 0.6) is 0 Å². The maximum atomic E-state index is 11.5. The van der Waals surface area contributed by atoms with E-state index in [9.17, 15) is 20.2 Å². The molecule has 0 saturated heterocycles. The molecule has 2 aromatic carbocycles. The Kier molecular flexibility index (Phi) is 9.85. The summed E-state index contributed by atoms with van der Waals surface area (Å²) in [4.78, 5) is 26.6. The predicted molar refractivity (Wildman–Crippen MR) is 190 cm³/mol. The molecular weight excluding hydrogens is 711 g/mol. The van der Waals surface area contributed by atoms with Gasteiger partial charge in [0.25, 0.3) is 11.4 Å². The third kappa shape index (κ3) is 7.03. The first-order valence-corrected chi connectivity index (χ1v) is 17.8. The van der Waals surface area contributed by atoms with E-state index in [1.807, 2.05) is 35.1 Å². The Bertz CT molecular complexity index is 2390. The topological polar surface area (TPSA) is 213 Å². The minimum Gasteiger partial charge on any atom is -0.461 e. The first-order valence-electron chi connectivity index (χ1n) is 15.8. The Hall–Kier alpha value is -6.21. The van der Waals surface area contributed by atoms with E-state index in [-0.39, 0.29) is 23.0 Å². The lowest BCUT2D eigenvalue weighted by atomic mass is 10.0. The molecule has 0 spiro atoms. The van der Waals surface area contributed by atoms with Crippen molar-refractivity contribution in [1.82, 2.24) is 44.7 Å². The van der Waals surface area contributed by atoms with Gasteiger partial charge in [-0.1, -0.05) is 41.7 Å². The van der Waals surface area contributed by atoms with Crippen LogP contribution < -0.4 is 0 Å². The Morgan fingerprint density at radius 2 is 1.37 bits per heavy atom. The van der Waals surface area contributed by atoms with E-state index in [0.29, 0.717) is 74.8 Å². The number of hydrogen-bond acceptors (Lipinski definition) is 15. The molecule has 7 rings (SSSR count). The number of hydrogen-bond donors (Lipinski definition) is 0. The Morgan fingerprint density at radius 1 is 0.712 bits per heavy atom. The summed E-state index contributed by atoms with van der Waals surface area (Å²) < 4.78 is 15.3. The molecule has 0 radical (unpaired) electrons. The fraction of sp³-hybridized carbons (Fsp3) is 0.182. The second-order valence-electron chi connectivity index (χ2n) is 11.0. The van der Waals surface area contributed by atoms with Gasteiger partial charge in [-0.2, -0.15) is 0 Å². The van der Waals surface area contributed by atoms with Crippen LogP contribution in [-0.4, -0.2) is 54.6 Å². The van der Waals surface area contributed by atoms with Crippen LogP contribution in [0.4, 0.5) is 11.4 Å². The summed E-state index contributed by atoms with van der Waals surface area (Å²) in [5.74, 6) is 2.92. The fourth-order valence-corrected chi connectivity index (χ4v) is 7.17.